The minimum atomic E-state index is -0.0253. The Balaban J connectivity index is 1.49. The Hall–Kier alpha value is -3.05. The molecule has 0 saturated carbocycles. The number of amides is 1. The Morgan fingerprint density at radius 2 is 1.48 bits per heavy atom. The van der Waals surface area contributed by atoms with Crippen molar-refractivity contribution >= 4 is 5.91 Å². The zero-order chi connectivity index (χ0) is 21.5. The van der Waals surface area contributed by atoms with Crippen LogP contribution in [0.15, 0.2) is 73.3 Å². The van der Waals surface area contributed by atoms with E-state index in [1.54, 1.807) is 0 Å². The Morgan fingerprint density at radius 1 is 0.839 bits per heavy atom. The fourth-order valence-corrected chi connectivity index (χ4v) is 4.31. The van der Waals surface area contributed by atoms with Crippen molar-refractivity contribution in [2.45, 2.75) is 26.3 Å². The first-order chi connectivity index (χ1) is 15.2. The van der Waals surface area contributed by atoms with E-state index in [0.29, 0.717) is 0 Å². The van der Waals surface area contributed by atoms with Crippen LogP contribution in [0.2, 0.25) is 0 Å². The molecule has 5 heteroatoms. The molecule has 0 unspecified atom stereocenters. The average Bonchev–Trinajstić information content (AvgIpc) is 2.95. The summed E-state index contributed by atoms with van der Waals surface area (Å²) in [6, 6.07) is 16.8. The van der Waals surface area contributed by atoms with Crippen molar-refractivity contribution in [3.63, 3.8) is 0 Å². The summed E-state index contributed by atoms with van der Waals surface area (Å²) in [5.74, 6) is 0.264. The Morgan fingerprint density at radius 3 is 2.16 bits per heavy atom. The summed E-state index contributed by atoms with van der Waals surface area (Å²) in [7, 11) is 0. The van der Waals surface area contributed by atoms with Crippen molar-refractivity contribution in [2.75, 3.05) is 26.2 Å². The van der Waals surface area contributed by atoms with Gasteiger partial charge < -0.3 is 4.90 Å². The molecule has 0 aliphatic carbocycles. The number of carbonyl (C=O) groups is 1. The molecule has 4 rings (SSSR count). The number of hydrogen-bond donors (Lipinski definition) is 0. The lowest BCUT2D eigenvalue weighted by molar-refractivity contribution is -0.134. The van der Waals surface area contributed by atoms with Crippen molar-refractivity contribution in [3.05, 3.63) is 84.4 Å². The lowest BCUT2D eigenvalue weighted by Gasteiger charge is -2.24. The molecule has 0 N–H and O–H groups in total. The van der Waals surface area contributed by atoms with Gasteiger partial charge in [0.1, 0.15) is 0 Å². The van der Waals surface area contributed by atoms with Gasteiger partial charge in [-0.3, -0.25) is 19.7 Å². The molecular weight excluding hydrogens is 384 g/mol. The maximum absolute atomic E-state index is 13.3. The number of carbonyl (C=O) groups excluding carboxylic acids is 1. The molecular formula is C26H30N4O. The summed E-state index contributed by atoms with van der Waals surface area (Å²) in [6.45, 7) is 6.32. The Bertz CT molecular complexity index is 960. The highest BCUT2D eigenvalue weighted by molar-refractivity contribution is 5.79. The highest BCUT2D eigenvalue weighted by Gasteiger charge is 2.30. The zero-order valence-electron chi connectivity index (χ0n) is 18.2. The maximum Gasteiger partial charge on any atom is 0.227 e. The highest BCUT2D eigenvalue weighted by atomic mass is 16.2. The van der Waals surface area contributed by atoms with Gasteiger partial charge in [-0.1, -0.05) is 31.2 Å². The van der Waals surface area contributed by atoms with Gasteiger partial charge in [0, 0.05) is 57.5 Å². The van der Waals surface area contributed by atoms with E-state index in [9.17, 15) is 4.79 Å². The monoisotopic (exact) mass is 414 g/mol. The normalized spacial score (nSPS) is 17.5. The number of benzene rings is 1. The second-order valence-electron chi connectivity index (χ2n) is 8.25. The van der Waals surface area contributed by atoms with Crippen LogP contribution < -0.4 is 0 Å². The van der Waals surface area contributed by atoms with Gasteiger partial charge in [0.05, 0.1) is 5.92 Å². The Labute approximate surface area is 184 Å². The molecule has 1 saturated heterocycles. The van der Waals surface area contributed by atoms with Crippen LogP contribution in [0.5, 0.6) is 0 Å². The summed E-state index contributed by atoms with van der Waals surface area (Å²) < 4.78 is 0. The van der Waals surface area contributed by atoms with Crippen LogP contribution in [-0.4, -0.2) is 51.9 Å². The van der Waals surface area contributed by atoms with Crippen molar-refractivity contribution in [2.24, 2.45) is 5.92 Å². The van der Waals surface area contributed by atoms with Gasteiger partial charge in [-0.2, -0.15) is 0 Å². The van der Waals surface area contributed by atoms with E-state index in [0.717, 1.165) is 51.1 Å². The molecule has 0 radical (unpaired) electrons. The number of nitrogens with zero attached hydrogens (tertiary/aromatic N) is 4. The molecule has 31 heavy (non-hydrogen) atoms. The highest BCUT2D eigenvalue weighted by Crippen LogP contribution is 2.22. The third kappa shape index (κ3) is 5.56. The molecule has 1 aliphatic heterocycles. The van der Waals surface area contributed by atoms with Crippen molar-refractivity contribution in [3.8, 4) is 11.1 Å². The van der Waals surface area contributed by atoms with E-state index >= 15 is 0 Å². The molecule has 3 heterocycles. The van der Waals surface area contributed by atoms with Gasteiger partial charge in [-0.15, -0.1) is 0 Å². The predicted octanol–water partition coefficient (Wildman–Crippen LogP) is 4.06. The topological polar surface area (TPSA) is 49.3 Å². The fourth-order valence-electron chi connectivity index (χ4n) is 4.31. The first-order valence-corrected chi connectivity index (χ1v) is 11.1. The van der Waals surface area contributed by atoms with Crippen LogP contribution in [0.4, 0.5) is 0 Å². The molecule has 3 aromatic rings. The zero-order valence-corrected chi connectivity index (χ0v) is 18.2. The number of hydrogen-bond acceptors (Lipinski definition) is 4. The van der Waals surface area contributed by atoms with Gasteiger partial charge in [0.2, 0.25) is 5.91 Å². The van der Waals surface area contributed by atoms with Gasteiger partial charge in [-0.25, -0.2) is 0 Å². The van der Waals surface area contributed by atoms with Gasteiger partial charge in [-0.05, 0) is 59.4 Å². The van der Waals surface area contributed by atoms with E-state index in [1.165, 1.54) is 16.7 Å². The van der Waals surface area contributed by atoms with Gasteiger partial charge in [0.25, 0.3) is 0 Å². The van der Waals surface area contributed by atoms with E-state index < -0.39 is 0 Å². The standard InChI is InChI=1S/C26H30N4O/c1-2-15-30-17-16-29(19-22-7-11-27-12-8-22)20-25(26(30)31)18-21-3-5-23(6-4-21)24-9-13-28-14-10-24/h3-14,25H,2,15-20H2,1H3/t25-/m0/s1. The van der Waals surface area contributed by atoms with E-state index in [4.69, 9.17) is 0 Å². The van der Waals surface area contributed by atoms with Crippen molar-refractivity contribution in [1.29, 1.82) is 0 Å². The molecule has 1 amide bonds. The maximum atomic E-state index is 13.3. The molecule has 5 nitrogen and oxygen atoms in total. The van der Waals surface area contributed by atoms with E-state index in [1.807, 2.05) is 36.9 Å². The number of pyridine rings is 2. The molecule has 1 aromatic carbocycles. The molecule has 160 valence electrons. The summed E-state index contributed by atoms with van der Waals surface area (Å²) in [5.41, 5.74) is 4.78. The fraction of sp³-hybridized carbons (Fsp3) is 0.346. The van der Waals surface area contributed by atoms with E-state index in [-0.39, 0.29) is 11.8 Å². The first kappa shape index (κ1) is 21.2. The lowest BCUT2D eigenvalue weighted by atomic mass is 9.95. The minimum Gasteiger partial charge on any atom is -0.341 e. The molecule has 2 aromatic heterocycles. The second kappa shape index (κ2) is 10.3. The lowest BCUT2D eigenvalue weighted by Crippen LogP contribution is -2.37. The summed E-state index contributed by atoms with van der Waals surface area (Å²) in [5, 5.41) is 0. The average molecular weight is 415 g/mol. The third-order valence-electron chi connectivity index (χ3n) is 5.92. The van der Waals surface area contributed by atoms with Crippen LogP contribution in [0.25, 0.3) is 11.1 Å². The van der Waals surface area contributed by atoms with Crippen LogP contribution in [-0.2, 0) is 17.8 Å². The Kier molecular flexibility index (Phi) is 7.05. The smallest absolute Gasteiger partial charge is 0.227 e. The predicted molar refractivity (Wildman–Crippen MR) is 123 cm³/mol. The largest absolute Gasteiger partial charge is 0.341 e. The van der Waals surface area contributed by atoms with Crippen molar-refractivity contribution < 1.29 is 4.79 Å². The van der Waals surface area contributed by atoms with Crippen molar-refractivity contribution in [1.82, 2.24) is 19.8 Å². The minimum absolute atomic E-state index is 0.0253. The first-order valence-electron chi connectivity index (χ1n) is 11.1. The second-order valence-corrected chi connectivity index (χ2v) is 8.25. The number of aromatic nitrogens is 2. The quantitative estimate of drug-likeness (QED) is 0.585. The SMILES string of the molecule is CCCN1CCN(Cc2ccncc2)C[C@H](Cc2ccc(-c3ccncc3)cc2)C1=O. The van der Waals surface area contributed by atoms with Crippen LogP contribution >= 0.6 is 0 Å². The molecule has 0 bridgehead atoms. The van der Waals surface area contributed by atoms with Crippen LogP contribution in [0.1, 0.15) is 24.5 Å². The van der Waals surface area contributed by atoms with Crippen LogP contribution in [0.3, 0.4) is 0 Å². The van der Waals surface area contributed by atoms with Crippen LogP contribution in [0, 0.1) is 5.92 Å². The molecule has 1 fully saturated rings. The van der Waals surface area contributed by atoms with E-state index in [2.05, 4.69) is 63.1 Å². The third-order valence-corrected chi connectivity index (χ3v) is 5.92. The summed E-state index contributed by atoms with van der Waals surface area (Å²) in [4.78, 5) is 26.0. The summed E-state index contributed by atoms with van der Waals surface area (Å²) >= 11 is 0. The molecule has 0 spiro atoms. The number of rotatable bonds is 7. The molecule has 1 aliphatic rings. The summed E-state index contributed by atoms with van der Waals surface area (Å²) in [6.07, 6.45) is 9.05. The van der Waals surface area contributed by atoms with Gasteiger partial charge in [0.15, 0.2) is 0 Å². The molecule has 1 atom stereocenters. The van der Waals surface area contributed by atoms with Gasteiger partial charge >= 0.3 is 0 Å².